The van der Waals surface area contributed by atoms with Crippen molar-refractivity contribution in [2.45, 2.75) is 58.5 Å². The van der Waals surface area contributed by atoms with Crippen LogP contribution in [0.5, 0.6) is 0 Å². The van der Waals surface area contributed by atoms with Gasteiger partial charge in [0, 0.05) is 17.8 Å². The predicted octanol–water partition coefficient (Wildman–Crippen LogP) is 2.29. The van der Waals surface area contributed by atoms with E-state index in [-0.39, 0.29) is 0 Å². The largest absolute Gasteiger partial charge is 0.328 e. The van der Waals surface area contributed by atoms with Crippen LogP contribution in [0.2, 0.25) is 0 Å². The maximum atomic E-state index is 5.85. The van der Waals surface area contributed by atoms with Crippen molar-refractivity contribution in [1.82, 2.24) is 9.78 Å². The Morgan fingerprint density at radius 2 is 1.93 bits per heavy atom. The Bertz CT molecular complexity index is 359. The summed E-state index contributed by atoms with van der Waals surface area (Å²) in [4.78, 5) is 0. The van der Waals surface area contributed by atoms with Gasteiger partial charge in [-0.25, -0.2) is 0 Å². The molecule has 0 atom stereocenters. The lowest BCUT2D eigenvalue weighted by Crippen LogP contribution is -2.35. The molecule has 1 aliphatic carbocycles. The zero-order valence-electron chi connectivity index (χ0n) is 10.1. The third-order valence-electron chi connectivity index (χ3n) is 3.45. The van der Waals surface area contributed by atoms with Gasteiger partial charge in [-0.2, -0.15) is 5.10 Å². The second kappa shape index (κ2) is 3.63. The van der Waals surface area contributed by atoms with E-state index < -0.39 is 0 Å². The van der Waals surface area contributed by atoms with Crippen LogP contribution in [-0.4, -0.2) is 15.8 Å². The number of hydrogen-bond donors (Lipinski definition) is 1. The predicted molar refractivity (Wildman–Crippen MR) is 62.0 cm³/mol. The van der Waals surface area contributed by atoms with E-state index in [0.717, 1.165) is 12.8 Å². The Kier molecular flexibility index (Phi) is 2.59. The van der Waals surface area contributed by atoms with Crippen molar-refractivity contribution in [2.24, 2.45) is 5.73 Å². The average molecular weight is 207 g/mol. The van der Waals surface area contributed by atoms with Crippen LogP contribution in [0.15, 0.2) is 0 Å². The van der Waals surface area contributed by atoms with E-state index in [2.05, 4.69) is 37.5 Å². The summed E-state index contributed by atoms with van der Waals surface area (Å²) in [5.41, 5.74) is 9.82. The van der Waals surface area contributed by atoms with Crippen molar-refractivity contribution >= 4 is 0 Å². The monoisotopic (exact) mass is 207 g/mol. The molecule has 0 aromatic carbocycles. The van der Waals surface area contributed by atoms with Gasteiger partial charge < -0.3 is 5.73 Å². The van der Waals surface area contributed by atoms with Gasteiger partial charge in [-0.05, 0) is 52.0 Å². The van der Waals surface area contributed by atoms with E-state index in [1.165, 1.54) is 17.0 Å². The molecule has 1 aliphatic rings. The molecule has 0 saturated heterocycles. The van der Waals surface area contributed by atoms with Crippen molar-refractivity contribution in [1.29, 1.82) is 0 Å². The van der Waals surface area contributed by atoms with E-state index in [9.17, 15) is 0 Å². The molecule has 0 unspecified atom stereocenters. The van der Waals surface area contributed by atoms with Gasteiger partial charge in [0.15, 0.2) is 0 Å². The molecule has 3 nitrogen and oxygen atoms in total. The van der Waals surface area contributed by atoms with Crippen LogP contribution < -0.4 is 5.73 Å². The zero-order valence-corrected chi connectivity index (χ0v) is 10.1. The van der Waals surface area contributed by atoms with Gasteiger partial charge >= 0.3 is 0 Å². The van der Waals surface area contributed by atoms with Gasteiger partial charge in [-0.15, -0.1) is 0 Å². The van der Waals surface area contributed by atoms with E-state index in [1.54, 1.807) is 0 Å². The fourth-order valence-corrected chi connectivity index (χ4v) is 2.67. The maximum Gasteiger partial charge on any atom is 0.0631 e. The number of rotatable bonds is 2. The highest BCUT2D eigenvalue weighted by Gasteiger charge is 2.31. The minimum absolute atomic E-state index is 0.413. The molecular formula is C12H21N3. The molecule has 0 radical (unpaired) electrons. The van der Waals surface area contributed by atoms with E-state index in [1.807, 2.05) is 0 Å². The first-order valence-corrected chi connectivity index (χ1v) is 5.82. The lowest BCUT2D eigenvalue weighted by atomic mass is 9.75. The van der Waals surface area contributed by atoms with Crippen molar-refractivity contribution in [3.63, 3.8) is 0 Å². The van der Waals surface area contributed by atoms with E-state index in [4.69, 9.17) is 5.73 Å². The third-order valence-corrected chi connectivity index (χ3v) is 3.45. The highest BCUT2D eigenvalue weighted by atomic mass is 15.3. The minimum Gasteiger partial charge on any atom is -0.328 e. The number of nitrogens with two attached hydrogens (primary N) is 1. The van der Waals surface area contributed by atoms with Gasteiger partial charge in [0.2, 0.25) is 0 Å². The molecule has 0 spiro atoms. The summed E-state index contributed by atoms with van der Waals surface area (Å²) < 4.78 is 2.13. The molecule has 84 valence electrons. The summed E-state index contributed by atoms with van der Waals surface area (Å²) >= 11 is 0. The molecule has 0 bridgehead atoms. The Balaban J connectivity index is 2.31. The Morgan fingerprint density at radius 3 is 2.33 bits per heavy atom. The van der Waals surface area contributed by atoms with Crippen molar-refractivity contribution < 1.29 is 0 Å². The van der Waals surface area contributed by atoms with Crippen LogP contribution in [0.25, 0.3) is 0 Å². The molecule has 1 heterocycles. The van der Waals surface area contributed by atoms with Gasteiger partial charge in [0.05, 0.1) is 5.69 Å². The van der Waals surface area contributed by atoms with Gasteiger partial charge in [-0.3, -0.25) is 4.68 Å². The third kappa shape index (κ3) is 1.69. The molecule has 1 aromatic heterocycles. The summed E-state index contributed by atoms with van der Waals surface area (Å²) in [5.74, 6) is 0.660. The smallest absolute Gasteiger partial charge is 0.0631 e. The van der Waals surface area contributed by atoms with E-state index >= 15 is 0 Å². The molecule has 2 rings (SSSR count). The van der Waals surface area contributed by atoms with E-state index in [0.29, 0.717) is 18.0 Å². The second-order valence-electron chi connectivity index (χ2n) is 5.05. The number of aryl methyl sites for hydroxylation is 1. The summed E-state index contributed by atoms with van der Waals surface area (Å²) in [6, 6.07) is 0.863. The number of nitrogens with zero attached hydrogens (tertiary/aromatic N) is 2. The second-order valence-corrected chi connectivity index (χ2v) is 5.05. The molecule has 0 amide bonds. The van der Waals surface area contributed by atoms with Crippen LogP contribution in [0.1, 0.15) is 55.6 Å². The first-order valence-electron chi connectivity index (χ1n) is 5.82. The Labute approximate surface area is 91.7 Å². The average Bonchev–Trinajstić information content (AvgIpc) is 2.38. The summed E-state index contributed by atoms with van der Waals surface area (Å²) in [7, 11) is 0. The molecule has 1 fully saturated rings. The summed E-state index contributed by atoms with van der Waals surface area (Å²) in [5, 5.41) is 4.61. The van der Waals surface area contributed by atoms with Crippen LogP contribution in [0.3, 0.4) is 0 Å². The number of aromatic nitrogens is 2. The normalized spacial score (nSPS) is 25.7. The standard InChI is InChI=1S/C12H21N3/c1-7(2)15-9(4)12(8(3)14-15)10-5-11(13)6-10/h7,10-11H,5-6,13H2,1-4H3. The highest BCUT2D eigenvalue weighted by Crippen LogP contribution is 2.39. The lowest BCUT2D eigenvalue weighted by Gasteiger charge is -2.33. The fourth-order valence-electron chi connectivity index (χ4n) is 2.67. The molecular weight excluding hydrogens is 186 g/mol. The van der Waals surface area contributed by atoms with Crippen LogP contribution >= 0.6 is 0 Å². The van der Waals surface area contributed by atoms with Crippen molar-refractivity contribution in [2.75, 3.05) is 0 Å². The first-order chi connectivity index (χ1) is 7.00. The first kappa shape index (κ1) is 10.7. The molecule has 15 heavy (non-hydrogen) atoms. The number of hydrogen-bond acceptors (Lipinski definition) is 2. The van der Waals surface area contributed by atoms with Crippen molar-refractivity contribution in [3.8, 4) is 0 Å². The molecule has 3 heteroatoms. The highest BCUT2D eigenvalue weighted by molar-refractivity contribution is 5.31. The molecule has 0 aliphatic heterocycles. The maximum absolute atomic E-state index is 5.85. The Hall–Kier alpha value is -0.830. The van der Waals surface area contributed by atoms with Crippen LogP contribution in [-0.2, 0) is 0 Å². The summed E-state index contributed by atoms with van der Waals surface area (Å²) in [6.45, 7) is 8.65. The zero-order chi connectivity index (χ0) is 11.2. The van der Waals surface area contributed by atoms with Crippen LogP contribution in [0.4, 0.5) is 0 Å². The topological polar surface area (TPSA) is 43.8 Å². The van der Waals surface area contributed by atoms with Crippen molar-refractivity contribution in [3.05, 3.63) is 17.0 Å². The van der Waals surface area contributed by atoms with Gasteiger partial charge in [0.1, 0.15) is 0 Å². The van der Waals surface area contributed by atoms with Gasteiger partial charge in [0.25, 0.3) is 0 Å². The minimum atomic E-state index is 0.413. The Morgan fingerprint density at radius 1 is 1.33 bits per heavy atom. The SMILES string of the molecule is Cc1nn(C(C)C)c(C)c1C1CC(N)C1. The fraction of sp³-hybridized carbons (Fsp3) is 0.750. The van der Waals surface area contributed by atoms with Crippen LogP contribution in [0, 0.1) is 13.8 Å². The lowest BCUT2D eigenvalue weighted by molar-refractivity contribution is 0.349. The van der Waals surface area contributed by atoms with Gasteiger partial charge in [-0.1, -0.05) is 0 Å². The summed E-state index contributed by atoms with van der Waals surface area (Å²) in [6.07, 6.45) is 2.26. The molecule has 1 aromatic rings. The molecule has 2 N–H and O–H groups in total. The molecule has 1 saturated carbocycles. The quantitative estimate of drug-likeness (QED) is 0.808.